The van der Waals surface area contributed by atoms with Crippen molar-refractivity contribution in [2.45, 2.75) is 19.6 Å². The van der Waals surface area contributed by atoms with Gasteiger partial charge in [-0.2, -0.15) is 0 Å². The van der Waals surface area contributed by atoms with E-state index in [0.717, 1.165) is 5.56 Å². The van der Waals surface area contributed by atoms with E-state index in [0.29, 0.717) is 6.61 Å². The highest BCUT2D eigenvalue weighted by Crippen LogP contribution is 2.04. The Morgan fingerprint density at radius 1 is 1.40 bits per heavy atom. The zero-order chi connectivity index (χ0) is 11.1. The molecule has 0 aliphatic heterocycles. The number of benzene rings is 1. The topological polar surface area (TPSA) is 29.5 Å². The summed E-state index contributed by atoms with van der Waals surface area (Å²) >= 11 is 0. The van der Waals surface area contributed by atoms with Gasteiger partial charge >= 0.3 is 0 Å². The lowest BCUT2D eigenvalue weighted by Gasteiger charge is -2.13. The summed E-state index contributed by atoms with van der Waals surface area (Å²) in [6.45, 7) is 2.59. The minimum atomic E-state index is -0.585. The van der Waals surface area contributed by atoms with Gasteiger partial charge in [-0.25, -0.2) is 0 Å². The number of rotatable bonds is 5. The first-order chi connectivity index (χ1) is 7.24. The molecule has 0 spiro atoms. The summed E-state index contributed by atoms with van der Waals surface area (Å²) in [6, 6.07) is 9.84. The number of hydrogen-bond donors (Lipinski definition) is 1. The Morgan fingerprint density at radius 2 is 2.07 bits per heavy atom. The molecule has 0 aliphatic rings. The zero-order valence-corrected chi connectivity index (χ0v) is 8.89. The van der Waals surface area contributed by atoms with Gasteiger partial charge in [0.15, 0.2) is 0 Å². The molecule has 1 aromatic rings. The van der Waals surface area contributed by atoms with Crippen molar-refractivity contribution in [2.75, 3.05) is 6.61 Å². The predicted octanol–water partition coefficient (Wildman–Crippen LogP) is 1.83. The van der Waals surface area contributed by atoms with E-state index in [1.807, 2.05) is 30.3 Å². The highest BCUT2D eigenvalue weighted by molar-refractivity contribution is 5.13. The van der Waals surface area contributed by atoms with E-state index in [2.05, 4.69) is 5.92 Å². The molecule has 0 saturated heterocycles. The number of aliphatic hydroxyl groups is 1. The van der Waals surface area contributed by atoms with Crippen molar-refractivity contribution in [3.05, 3.63) is 35.9 Å². The van der Waals surface area contributed by atoms with Crippen LogP contribution in [0, 0.1) is 18.3 Å². The number of terminal acetylenes is 1. The Balaban J connectivity index is 2.26. The van der Waals surface area contributed by atoms with Crippen LogP contribution in [-0.4, -0.2) is 17.8 Å². The second kappa shape index (κ2) is 6.23. The molecule has 0 unspecified atom stereocenters. The monoisotopic (exact) mass is 204 g/mol. The van der Waals surface area contributed by atoms with Gasteiger partial charge in [0.05, 0.1) is 19.3 Å². The number of ether oxygens (including phenoxy) is 1. The van der Waals surface area contributed by atoms with Gasteiger partial charge in [-0.15, -0.1) is 12.3 Å². The maximum atomic E-state index is 9.53. The van der Waals surface area contributed by atoms with Gasteiger partial charge in [-0.3, -0.25) is 0 Å². The first-order valence-electron chi connectivity index (χ1n) is 5.00. The lowest BCUT2D eigenvalue weighted by molar-refractivity contribution is 0.0135. The fourth-order valence-corrected chi connectivity index (χ4v) is 1.13. The molecule has 2 heteroatoms. The minimum Gasteiger partial charge on any atom is -0.389 e. The zero-order valence-electron chi connectivity index (χ0n) is 8.89. The van der Waals surface area contributed by atoms with Gasteiger partial charge in [-0.1, -0.05) is 30.3 Å². The minimum absolute atomic E-state index is 0.166. The maximum Gasteiger partial charge on any atom is 0.0908 e. The average molecular weight is 204 g/mol. The van der Waals surface area contributed by atoms with E-state index in [-0.39, 0.29) is 12.5 Å². The van der Waals surface area contributed by atoms with Crippen LogP contribution in [0.3, 0.4) is 0 Å². The molecule has 0 fully saturated rings. The maximum absolute atomic E-state index is 9.53. The molecule has 2 nitrogen and oxygen atoms in total. The van der Waals surface area contributed by atoms with E-state index in [9.17, 15) is 5.11 Å². The fraction of sp³-hybridized carbons (Fsp3) is 0.385. The fourth-order valence-electron chi connectivity index (χ4n) is 1.13. The van der Waals surface area contributed by atoms with Crippen LogP contribution in [0.5, 0.6) is 0 Å². The number of hydrogen-bond acceptors (Lipinski definition) is 2. The molecule has 0 saturated carbocycles. The van der Waals surface area contributed by atoms with Crippen molar-refractivity contribution in [3.63, 3.8) is 0 Å². The highest BCUT2D eigenvalue weighted by Gasteiger charge is 2.10. The molecule has 1 aromatic carbocycles. The molecular weight excluding hydrogens is 188 g/mol. The van der Waals surface area contributed by atoms with Crippen molar-refractivity contribution in [3.8, 4) is 12.3 Å². The molecule has 0 amide bonds. The standard InChI is InChI=1S/C13H16O2/c1-3-11(2)13(14)10-15-9-12-7-5-4-6-8-12/h1,4-8,11,13-14H,9-10H2,2H3/t11-,13-/m0/s1. The van der Waals surface area contributed by atoms with Gasteiger partial charge in [0.2, 0.25) is 0 Å². The Kier molecular flexibility index (Phi) is 4.89. The SMILES string of the molecule is C#C[C@H](C)[C@@H](O)COCc1ccccc1. The van der Waals surface area contributed by atoms with Gasteiger partial charge in [0.1, 0.15) is 0 Å². The van der Waals surface area contributed by atoms with Crippen LogP contribution in [0.25, 0.3) is 0 Å². The first-order valence-corrected chi connectivity index (χ1v) is 5.00. The third-order valence-corrected chi connectivity index (χ3v) is 2.24. The first kappa shape index (κ1) is 11.8. The molecule has 0 aromatic heterocycles. The lowest BCUT2D eigenvalue weighted by Crippen LogP contribution is -2.22. The predicted molar refractivity (Wildman–Crippen MR) is 60.1 cm³/mol. The smallest absolute Gasteiger partial charge is 0.0908 e. The van der Waals surface area contributed by atoms with Crippen molar-refractivity contribution >= 4 is 0 Å². The molecule has 80 valence electrons. The van der Waals surface area contributed by atoms with Crippen LogP contribution in [0.1, 0.15) is 12.5 Å². The second-order valence-corrected chi connectivity index (χ2v) is 3.52. The van der Waals surface area contributed by atoms with Crippen LogP contribution >= 0.6 is 0 Å². The molecule has 0 bridgehead atoms. The van der Waals surface area contributed by atoms with Crippen LogP contribution in [-0.2, 0) is 11.3 Å². The van der Waals surface area contributed by atoms with E-state index >= 15 is 0 Å². The third kappa shape index (κ3) is 4.16. The quantitative estimate of drug-likeness (QED) is 0.741. The normalized spacial score (nSPS) is 14.2. The molecule has 1 rings (SSSR count). The lowest BCUT2D eigenvalue weighted by atomic mass is 10.1. The highest BCUT2D eigenvalue weighted by atomic mass is 16.5. The Hall–Kier alpha value is -1.30. The van der Waals surface area contributed by atoms with Crippen LogP contribution < -0.4 is 0 Å². The largest absolute Gasteiger partial charge is 0.389 e. The summed E-state index contributed by atoms with van der Waals surface area (Å²) in [5, 5.41) is 9.53. The summed E-state index contributed by atoms with van der Waals surface area (Å²) < 4.78 is 5.36. The average Bonchev–Trinajstić information content (AvgIpc) is 2.29. The van der Waals surface area contributed by atoms with E-state index in [1.54, 1.807) is 6.92 Å². The molecule has 0 aliphatic carbocycles. The molecule has 15 heavy (non-hydrogen) atoms. The van der Waals surface area contributed by atoms with Gasteiger partial charge in [0.25, 0.3) is 0 Å². The summed E-state index contributed by atoms with van der Waals surface area (Å²) in [5.41, 5.74) is 1.10. The summed E-state index contributed by atoms with van der Waals surface area (Å²) in [7, 11) is 0. The van der Waals surface area contributed by atoms with Gasteiger partial charge in [-0.05, 0) is 12.5 Å². The van der Waals surface area contributed by atoms with Crippen molar-refractivity contribution < 1.29 is 9.84 Å². The second-order valence-electron chi connectivity index (χ2n) is 3.52. The molecule has 0 heterocycles. The van der Waals surface area contributed by atoms with E-state index in [1.165, 1.54) is 0 Å². The Bertz CT molecular complexity index is 313. The molecule has 2 atom stereocenters. The summed E-state index contributed by atoms with van der Waals surface area (Å²) in [4.78, 5) is 0. The van der Waals surface area contributed by atoms with Crippen molar-refractivity contribution in [1.82, 2.24) is 0 Å². The third-order valence-electron chi connectivity index (χ3n) is 2.24. The summed E-state index contributed by atoms with van der Waals surface area (Å²) in [5.74, 6) is 2.32. The van der Waals surface area contributed by atoms with Gasteiger partial charge in [0, 0.05) is 5.92 Å². The Morgan fingerprint density at radius 3 is 2.67 bits per heavy atom. The van der Waals surface area contributed by atoms with Gasteiger partial charge < -0.3 is 9.84 Å². The van der Waals surface area contributed by atoms with E-state index < -0.39 is 6.10 Å². The van der Waals surface area contributed by atoms with E-state index in [4.69, 9.17) is 11.2 Å². The number of aliphatic hydroxyl groups excluding tert-OH is 1. The van der Waals surface area contributed by atoms with Crippen LogP contribution in [0.4, 0.5) is 0 Å². The molecular formula is C13H16O2. The van der Waals surface area contributed by atoms with Crippen molar-refractivity contribution in [2.24, 2.45) is 5.92 Å². The Labute approximate surface area is 90.9 Å². The summed E-state index contributed by atoms with van der Waals surface area (Å²) in [6.07, 6.45) is 4.61. The molecule has 0 radical (unpaired) electrons. The van der Waals surface area contributed by atoms with Crippen molar-refractivity contribution in [1.29, 1.82) is 0 Å². The van der Waals surface area contributed by atoms with Crippen LogP contribution in [0.15, 0.2) is 30.3 Å². The molecule has 1 N–H and O–H groups in total. The van der Waals surface area contributed by atoms with Crippen LogP contribution in [0.2, 0.25) is 0 Å².